The summed E-state index contributed by atoms with van der Waals surface area (Å²) in [6.45, 7) is 9.70. The maximum Gasteiger partial charge on any atom is 0.357 e. The summed E-state index contributed by atoms with van der Waals surface area (Å²) >= 11 is 0. The van der Waals surface area contributed by atoms with E-state index in [4.69, 9.17) is 30.3 Å². The average Bonchev–Trinajstić information content (AvgIpc) is 3.04. The van der Waals surface area contributed by atoms with Crippen LogP contribution in [-0.2, 0) is 50.1 Å². The average molecular weight is 550 g/mol. The molecule has 0 N–H and O–H groups in total. The molecule has 6 heteroatoms. The van der Waals surface area contributed by atoms with Crippen molar-refractivity contribution >= 4 is 0 Å². The molecule has 0 radical (unpaired) electrons. The molecule has 1 fully saturated rings. The number of hydrogen-bond donors (Lipinski definition) is 0. The Morgan fingerprint density at radius 2 is 0.902 bits per heavy atom. The minimum absolute atomic E-state index is 0.247. The van der Waals surface area contributed by atoms with Crippen LogP contribution >= 0.6 is 0 Å². The minimum Gasteiger partial charge on any atom is -0.374 e. The van der Waals surface area contributed by atoms with E-state index in [2.05, 4.69) is 4.85 Å². The van der Waals surface area contributed by atoms with Crippen molar-refractivity contribution in [2.75, 3.05) is 6.61 Å². The highest BCUT2D eigenvalue weighted by atomic mass is 16.6. The second-order valence-electron chi connectivity index (χ2n) is 9.98. The van der Waals surface area contributed by atoms with Gasteiger partial charge in [0, 0.05) is 0 Å². The van der Waals surface area contributed by atoms with Gasteiger partial charge in [-0.2, -0.15) is 0 Å². The highest BCUT2D eigenvalue weighted by Crippen LogP contribution is 2.31. The Hall–Kier alpha value is -3.83. The molecule has 41 heavy (non-hydrogen) atoms. The van der Waals surface area contributed by atoms with Gasteiger partial charge in [0.2, 0.25) is 0 Å². The van der Waals surface area contributed by atoms with Gasteiger partial charge in [-0.15, -0.1) is 0 Å². The Labute approximate surface area is 242 Å². The lowest BCUT2D eigenvalue weighted by molar-refractivity contribution is -0.263. The van der Waals surface area contributed by atoms with Crippen LogP contribution in [0.15, 0.2) is 121 Å². The van der Waals surface area contributed by atoms with E-state index in [0.717, 1.165) is 22.3 Å². The van der Waals surface area contributed by atoms with Crippen molar-refractivity contribution in [3.63, 3.8) is 0 Å². The van der Waals surface area contributed by atoms with E-state index in [-0.39, 0.29) is 6.61 Å². The quantitative estimate of drug-likeness (QED) is 0.176. The number of benzene rings is 4. The third-order valence-corrected chi connectivity index (χ3v) is 6.99. The summed E-state index contributed by atoms with van der Waals surface area (Å²) in [6, 6.07) is 39.9. The molecule has 0 saturated carbocycles. The van der Waals surface area contributed by atoms with Gasteiger partial charge >= 0.3 is 6.23 Å². The smallest absolute Gasteiger partial charge is 0.357 e. The normalized spacial score (nSPS) is 22.2. The fourth-order valence-electron chi connectivity index (χ4n) is 4.87. The van der Waals surface area contributed by atoms with Crippen molar-refractivity contribution < 1.29 is 23.7 Å². The molecule has 0 aromatic heterocycles. The first kappa shape index (κ1) is 28.7. The van der Waals surface area contributed by atoms with Crippen LogP contribution in [0.3, 0.4) is 0 Å². The largest absolute Gasteiger partial charge is 0.374 e. The molecular weight excluding hydrogens is 514 g/mol. The van der Waals surface area contributed by atoms with Crippen LogP contribution in [0.2, 0.25) is 0 Å². The molecule has 0 aliphatic carbocycles. The van der Waals surface area contributed by atoms with Gasteiger partial charge in [0.25, 0.3) is 0 Å². The highest BCUT2D eigenvalue weighted by Gasteiger charge is 2.51. The molecule has 1 aliphatic heterocycles. The second-order valence-corrected chi connectivity index (χ2v) is 9.98. The first-order chi connectivity index (χ1) is 20.3. The van der Waals surface area contributed by atoms with Gasteiger partial charge in [0.05, 0.1) is 33.0 Å². The van der Waals surface area contributed by atoms with Crippen LogP contribution in [0.1, 0.15) is 22.3 Å². The van der Waals surface area contributed by atoms with Crippen molar-refractivity contribution in [2.45, 2.75) is 57.1 Å². The maximum atomic E-state index is 7.98. The van der Waals surface area contributed by atoms with Crippen molar-refractivity contribution in [3.05, 3.63) is 155 Å². The third-order valence-electron chi connectivity index (χ3n) is 6.99. The molecule has 5 rings (SSSR count). The zero-order valence-corrected chi connectivity index (χ0v) is 23.0. The minimum atomic E-state index is -0.874. The molecule has 1 saturated heterocycles. The van der Waals surface area contributed by atoms with E-state index in [1.807, 2.05) is 121 Å². The van der Waals surface area contributed by atoms with Gasteiger partial charge in [0.15, 0.2) is 6.10 Å². The molecule has 4 aromatic carbocycles. The standard InChI is InChI=1S/C35H35NO5/c1-36-35-34(40-25-30-20-12-5-13-21-30)33(39-24-29-18-10-4-11-19-29)32(38-23-28-16-8-3-9-17-28)31(41-35)26-37-22-27-14-6-2-7-15-27/h2-21,31-35H,22-26H2/t31-,32-,33+,34-,35-/m1/s1. The van der Waals surface area contributed by atoms with Crippen LogP contribution in [-0.4, -0.2) is 37.3 Å². The van der Waals surface area contributed by atoms with Gasteiger partial charge in [-0.1, -0.05) is 121 Å². The van der Waals surface area contributed by atoms with Crippen LogP contribution in [0, 0.1) is 6.57 Å². The molecule has 0 unspecified atom stereocenters. The summed E-state index contributed by atoms with van der Waals surface area (Å²) < 4.78 is 32.0. The van der Waals surface area contributed by atoms with Crippen LogP contribution in [0.4, 0.5) is 0 Å². The van der Waals surface area contributed by atoms with E-state index in [1.54, 1.807) is 0 Å². The lowest BCUT2D eigenvalue weighted by Gasteiger charge is -2.42. The van der Waals surface area contributed by atoms with E-state index in [1.165, 1.54) is 0 Å². The van der Waals surface area contributed by atoms with Gasteiger partial charge in [-0.3, -0.25) is 9.58 Å². The molecule has 1 aliphatic rings. The van der Waals surface area contributed by atoms with Crippen LogP contribution in [0.5, 0.6) is 0 Å². The predicted octanol–water partition coefficient (Wildman–Crippen LogP) is 6.60. The van der Waals surface area contributed by atoms with E-state index < -0.39 is 30.6 Å². The summed E-state index contributed by atoms with van der Waals surface area (Å²) in [5, 5.41) is 0. The Morgan fingerprint density at radius 3 is 1.34 bits per heavy atom. The lowest BCUT2D eigenvalue weighted by atomic mass is 9.97. The van der Waals surface area contributed by atoms with Gasteiger partial charge in [0.1, 0.15) is 18.3 Å². The Bertz CT molecular complexity index is 1330. The summed E-state index contributed by atoms with van der Waals surface area (Å²) in [6.07, 6.45) is -3.17. The number of nitrogens with zero attached hydrogens (tertiary/aromatic N) is 1. The van der Waals surface area contributed by atoms with Crippen molar-refractivity contribution in [1.29, 1.82) is 0 Å². The monoisotopic (exact) mass is 549 g/mol. The van der Waals surface area contributed by atoms with E-state index >= 15 is 0 Å². The summed E-state index contributed by atoms with van der Waals surface area (Å²) in [5.41, 5.74) is 4.13. The summed E-state index contributed by atoms with van der Waals surface area (Å²) in [4.78, 5) is 3.83. The Kier molecular flexibility index (Phi) is 10.7. The van der Waals surface area contributed by atoms with Crippen molar-refractivity contribution in [1.82, 2.24) is 0 Å². The zero-order valence-electron chi connectivity index (χ0n) is 23.0. The molecular formula is C35H35NO5. The fraction of sp³-hybridized carbons (Fsp3) is 0.286. The maximum absolute atomic E-state index is 7.98. The van der Waals surface area contributed by atoms with Gasteiger partial charge in [-0.05, 0) is 22.3 Å². The second kappa shape index (κ2) is 15.2. The Morgan fingerprint density at radius 1 is 0.512 bits per heavy atom. The number of rotatable bonds is 13. The predicted molar refractivity (Wildman–Crippen MR) is 156 cm³/mol. The van der Waals surface area contributed by atoms with Crippen molar-refractivity contribution in [2.24, 2.45) is 0 Å². The molecule has 5 atom stereocenters. The van der Waals surface area contributed by atoms with Crippen LogP contribution in [0.25, 0.3) is 4.85 Å². The summed E-state index contributed by atoms with van der Waals surface area (Å²) in [7, 11) is 0. The SMILES string of the molecule is [C-]#[N+][C@@H]1O[C@H](COCc2ccccc2)[C@@H](OCc2ccccc2)[C@H](OCc2ccccc2)[C@H]1OCc1ccccc1. The Balaban J connectivity index is 1.39. The topological polar surface area (TPSA) is 50.5 Å². The van der Waals surface area contributed by atoms with E-state index in [9.17, 15) is 0 Å². The van der Waals surface area contributed by atoms with Crippen molar-refractivity contribution in [3.8, 4) is 0 Å². The van der Waals surface area contributed by atoms with E-state index in [0.29, 0.717) is 26.4 Å². The molecule has 0 amide bonds. The molecule has 210 valence electrons. The first-order valence-electron chi connectivity index (χ1n) is 13.9. The molecule has 4 aromatic rings. The molecule has 0 spiro atoms. The molecule has 6 nitrogen and oxygen atoms in total. The fourth-order valence-corrected chi connectivity index (χ4v) is 4.87. The highest BCUT2D eigenvalue weighted by molar-refractivity contribution is 5.16. The van der Waals surface area contributed by atoms with Crippen LogP contribution < -0.4 is 0 Å². The van der Waals surface area contributed by atoms with Gasteiger partial charge in [-0.25, -0.2) is 6.57 Å². The molecule has 0 bridgehead atoms. The number of ether oxygens (including phenoxy) is 5. The molecule has 1 heterocycles. The van der Waals surface area contributed by atoms with Gasteiger partial charge < -0.3 is 18.9 Å². The first-order valence-corrected chi connectivity index (χ1v) is 13.9. The third kappa shape index (κ3) is 8.34. The zero-order chi connectivity index (χ0) is 28.1. The number of hydrogen-bond acceptors (Lipinski definition) is 5. The summed E-state index contributed by atoms with van der Waals surface area (Å²) in [5.74, 6) is 0. The lowest BCUT2D eigenvalue weighted by Crippen LogP contribution is -2.60.